The number of hydrogen-bond acceptors (Lipinski definition) is 6. The lowest BCUT2D eigenvalue weighted by Crippen LogP contribution is -2.48. The van der Waals surface area contributed by atoms with E-state index in [0.29, 0.717) is 48.9 Å². The predicted octanol–water partition coefficient (Wildman–Crippen LogP) is 2.19. The van der Waals surface area contributed by atoms with E-state index < -0.39 is 16.0 Å². The van der Waals surface area contributed by atoms with Gasteiger partial charge < -0.3 is 9.15 Å². The Morgan fingerprint density at radius 3 is 2.48 bits per heavy atom. The van der Waals surface area contributed by atoms with Gasteiger partial charge in [0.1, 0.15) is 11.3 Å². The van der Waals surface area contributed by atoms with E-state index in [2.05, 4.69) is 4.90 Å². The molecule has 0 radical (unpaired) electrons. The number of furan rings is 1. The van der Waals surface area contributed by atoms with Gasteiger partial charge in [-0.25, -0.2) is 13.2 Å². The van der Waals surface area contributed by atoms with E-state index in [1.54, 1.807) is 12.1 Å². The molecule has 2 heterocycles. The van der Waals surface area contributed by atoms with Gasteiger partial charge in [-0.1, -0.05) is 17.7 Å². The average molecular weight is 392 g/mol. The normalized spacial score (nSPS) is 16.4. The topological polar surface area (TPSA) is 80.1 Å². The number of ether oxygens (including phenoxy) is 1. The first-order chi connectivity index (χ1) is 12.8. The van der Waals surface area contributed by atoms with Gasteiger partial charge in [0.05, 0.1) is 24.8 Å². The third-order valence-corrected chi connectivity index (χ3v) is 6.86. The molecule has 27 heavy (non-hydrogen) atoms. The third kappa shape index (κ3) is 4.07. The van der Waals surface area contributed by atoms with Crippen LogP contribution in [0.25, 0.3) is 0 Å². The number of carbonyl (C=O) groups is 1. The number of benzene rings is 1. The van der Waals surface area contributed by atoms with Gasteiger partial charge in [0.2, 0.25) is 10.0 Å². The van der Waals surface area contributed by atoms with E-state index in [4.69, 9.17) is 9.15 Å². The highest BCUT2D eigenvalue weighted by atomic mass is 32.2. The highest BCUT2D eigenvalue weighted by Crippen LogP contribution is 2.23. The molecule has 0 amide bonds. The molecule has 1 saturated heterocycles. The molecule has 1 aromatic heterocycles. The highest BCUT2D eigenvalue weighted by molar-refractivity contribution is 7.89. The number of nitrogens with zero attached hydrogens (tertiary/aromatic N) is 2. The Balaban J connectivity index is 1.67. The van der Waals surface area contributed by atoms with Crippen molar-refractivity contribution >= 4 is 16.0 Å². The van der Waals surface area contributed by atoms with Crippen LogP contribution in [0.4, 0.5) is 0 Å². The van der Waals surface area contributed by atoms with Gasteiger partial charge in [-0.3, -0.25) is 4.90 Å². The van der Waals surface area contributed by atoms with Crippen LogP contribution in [0.1, 0.15) is 27.2 Å². The summed E-state index contributed by atoms with van der Waals surface area (Å²) in [6.07, 6.45) is 1.46. The number of sulfonamides is 1. The highest BCUT2D eigenvalue weighted by Gasteiger charge is 2.30. The summed E-state index contributed by atoms with van der Waals surface area (Å²) in [7, 11) is -2.18. The van der Waals surface area contributed by atoms with Crippen molar-refractivity contribution in [2.75, 3.05) is 33.3 Å². The van der Waals surface area contributed by atoms with Gasteiger partial charge in [0.15, 0.2) is 0 Å². The second-order valence-corrected chi connectivity index (χ2v) is 8.60. The van der Waals surface area contributed by atoms with Crippen LogP contribution in [-0.2, 0) is 21.3 Å². The number of hydrogen-bond donors (Lipinski definition) is 0. The molecule has 0 saturated carbocycles. The Morgan fingerprint density at radius 1 is 1.15 bits per heavy atom. The summed E-state index contributed by atoms with van der Waals surface area (Å²) >= 11 is 0. The van der Waals surface area contributed by atoms with Gasteiger partial charge in [-0.2, -0.15) is 4.31 Å². The Bertz CT molecular complexity index is 927. The maximum absolute atomic E-state index is 13.0. The molecule has 0 atom stereocenters. The van der Waals surface area contributed by atoms with Gasteiger partial charge >= 0.3 is 5.97 Å². The minimum Gasteiger partial charge on any atom is -0.467 e. The van der Waals surface area contributed by atoms with Crippen LogP contribution in [0.3, 0.4) is 0 Å². The van der Waals surface area contributed by atoms with E-state index >= 15 is 0 Å². The van der Waals surface area contributed by atoms with Gasteiger partial charge in [-0.15, -0.1) is 0 Å². The second-order valence-electron chi connectivity index (χ2n) is 6.70. The molecular formula is C19H24N2O5S. The van der Waals surface area contributed by atoms with Crippen molar-refractivity contribution in [2.45, 2.75) is 25.3 Å². The van der Waals surface area contributed by atoms with Crippen molar-refractivity contribution < 1.29 is 22.4 Å². The molecule has 0 aliphatic carbocycles. The summed E-state index contributed by atoms with van der Waals surface area (Å²) in [5, 5.41) is 0. The molecule has 1 fully saturated rings. The Hall–Kier alpha value is -2.16. The minimum absolute atomic E-state index is 0.362. The molecule has 1 aromatic carbocycles. The Kier molecular flexibility index (Phi) is 5.69. The summed E-state index contributed by atoms with van der Waals surface area (Å²) in [5.74, 6) is 0.0994. The lowest BCUT2D eigenvalue weighted by atomic mass is 10.2. The summed E-state index contributed by atoms with van der Waals surface area (Å²) in [5.41, 5.74) is 2.20. The van der Waals surface area contributed by atoms with Crippen molar-refractivity contribution in [3.05, 3.63) is 53.0 Å². The largest absolute Gasteiger partial charge is 0.467 e. The van der Waals surface area contributed by atoms with Crippen LogP contribution in [0.2, 0.25) is 0 Å². The molecule has 0 bridgehead atoms. The molecule has 0 N–H and O–H groups in total. The maximum Gasteiger partial charge on any atom is 0.341 e. The smallest absolute Gasteiger partial charge is 0.341 e. The third-order valence-electron chi connectivity index (χ3n) is 4.80. The van der Waals surface area contributed by atoms with Crippen molar-refractivity contribution in [1.82, 2.24) is 9.21 Å². The zero-order valence-corrected chi connectivity index (χ0v) is 16.6. The molecule has 1 aliphatic rings. The number of esters is 1. The monoisotopic (exact) mass is 392 g/mol. The van der Waals surface area contributed by atoms with E-state index in [1.807, 2.05) is 26.0 Å². The molecule has 3 rings (SSSR count). The van der Waals surface area contributed by atoms with E-state index in [1.165, 1.54) is 17.7 Å². The summed E-state index contributed by atoms with van der Waals surface area (Å²) in [4.78, 5) is 14.2. The second kappa shape index (κ2) is 7.84. The SMILES string of the molecule is COC(=O)c1ccoc1CN1CCN(S(=O)(=O)c2ccc(C)cc2C)CC1. The molecule has 1 aliphatic heterocycles. The van der Waals surface area contributed by atoms with Gasteiger partial charge in [0, 0.05) is 26.2 Å². The van der Waals surface area contributed by atoms with Crippen LogP contribution >= 0.6 is 0 Å². The number of aryl methyl sites for hydroxylation is 2. The number of methoxy groups -OCH3 is 1. The zero-order chi connectivity index (χ0) is 19.6. The predicted molar refractivity (Wildman–Crippen MR) is 100.0 cm³/mol. The van der Waals surface area contributed by atoms with Crippen LogP contribution in [0.15, 0.2) is 39.8 Å². The average Bonchev–Trinajstić information content (AvgIpc) is 3.09. The van der Waals surface area contributed by atoms with Crippen molar-refractivity contribution in [1.29, 1.82) is 0 Å². The van der Waals surface area contributed by atoms with E-state index in [0.717, 1.165) is 11.1 Å². The first kappa shape index (κ1) is 19.6. The number of piperazine rings is 1. The first-order valence-corrected chi connectivity index (χ1v) is 10.2. The zero-order valence-electron chi connectivity index (χ0n) is 15.8. The van der Waals surface area contributed by atoms with Crippen LogP contribution in [0, 0.1) is 13.8 Å². The number of carbonyl (C=O) groups excluding carboxylic acids is 1. The summed E-state index contributed by atoms with van der Waals surface area (Å²) < 4.78 is 37.6. The fourth-order valence-corrected chi connectivity index (χ4v) is 4.94. The van der Waals surface area contributed by atoms with Crippen LogP contribution in [-0.4, -0.2) is 56.9 Å². The van der Waals surface area contributed by atoms with Crippen LogP contribution < -0.4 is 0 Å². The molecule has 146 valence electrons. The molecule has 7 nitrogen and oxygen atoms in total. The molecule has 2 aromatic rings. The number of rotatable bonds is 5. The summed E-state index contributed by atoms with van der Waals surface area (Å²) in [6.45, 7) is 6.11. The molecule has 0 spiro atoms. The van der Waals surface area contributed by atoms with Crippen molar-refractivity contribution in [3.8, 4) is 0 Å². The quantitative estimate of drug-likeness (QED) is 0.726. The van der Waals surface area contributed by atoms with Gasteiger partial charge in [-0.05, 0) is 31.5 Å². The Morgan fingerprint density at radius 2 is 1.85 bits per heavy atom. The standard InChI is InChI=1S/C19H24N2O5S/c1-14-4-5-18(15(2)12-14)27(23,24)21-9-7-20(8-10-21)13-17-16(6-11-26-17)19(22)25-3/h4-6,11-12H,7-10,13H2,1-3H3. The minimum atomic E-state index is -3.51. The van der Waals surface area contributed by atoms with Crippen molar-refractivity contribution in [3.63, 3.8) is 0 Å². The first-order valence-electron chi connectivity index (χ1n) is 8.77. The Labute approximate surface area is 159 Å². The van der Waals surface area contributed by atoms with E-state index in [-0.39, 0.29) is 0 Å². The fraction of sp³-hybridized carbons (Fsp3) is 0.421. The van der Waals surface area contributed by atoms with Crippen molar-refractivity contribution in [2.24, 2.45) is 0 Å². The van der Waals surface area contributed by atoms with Crippen LogP contribution in [0.5, 0.6) is 0 Å². The lowest BCUT2D eigenvalue weighted by Gasteiger charge is -2.33. The molecular weight excluding hydrogens is 368 g/mol. The molecule has 8 heteroatoms. The van der Waals surface area contributed by atoms with Gasteiger partial charge in [0.25, 0.3) is 0 Å². The molecule has 0 unspecified atom stereocenters. The lowest BCUT2D eigenvalue weighted by molar-refractivity contribution is 0.0595. The maximum atomic E-state index is 13.0. The summed E-state index contributed by atoms with van der Waals surface area (Å²) in [6, 6.07) is 6.97. The van der Waals surface area contributed by atoms with E-state index in [9.17, 15) is 13.2 Å². The fourth-order valence-electron chi connectivity index (χ4n) is 3.31.